The number of hydrogen-bond acceptors (Lipinski definition) is 2. The van der Waals surface area contributed by atoms with Crippen molar-refractivity contribution in [1.82, 2.24) is 4.90 Å². The minimum Gasteiger partial charge on any atom is -0.331 e. The van der Waals surface area contributed by atoms with Gasteiger partial charge in [0.05, 0.1) is 0 Å². The lowest BCUT2D eigenvalue weighted by atomic mass is 10.1. The highest BCUT2D eigenvalue weighted by Gasteiger charge is 2.33. The average molecular weight is 401 g/mol. The largest absolute Gasteiger partial charge is 0.331 e. The van der Waals surface area contributed by atoms with Crippen LogP contribution in [-0.2, 0) is 9.59 Å². The smallest absolute Gasteiger partial charge is 0.247 e. The first-order chi connectivity index (χ1) is 14.0. The molecule has 1 aromatic carbocycles. The first-order valence-corrected chi connectivity index (χ1v) is 11.7. The Labute approximate surface area is 177 Å². The minimum absolute atomic E-state index is 0.0482. The first-order valence-electron chi connectivity index (χ1n) is 11.7. The van der Waals surface area contributed by atoms with E-state index in [1.807, 2.05) is 30.9 Å². The molecule has 2 amide bonds. The molecule has 0 unspecified atom stereocenters. The van der Waals surface area contributed by atoms with Crippen molar-refractivity contribution >= 4 is 17.5 Å². The lowest BCUT2D eigenvalue weighted by Crippen LogP contribution is -2.43. The fraction of sp³-hybridized carbons (Fsp3) is 0.680. The SMILES string of the molecule is CCCCCCCCCCCC(=O)N1CCC[C@H]1C(=O)Nc1cc(C)cc(C)c1. The van der Waals surface area contributed by atoms with E-state index in [9.17, 15) is 9.59 Å². The highest BCUT2D eigenvalue weighted by atomic mass is 16.2. The number of amides is 2. The molecule has 0 aliphatic carbocycles. The summed E-state index contributed by atoms with van der Waals surface area (Å²) in [5.41, 5.74) is 3.08. The molecule has 1 aliphatic heterocycles. The van der Waals surface area contributed by atoms with Crippen molar-refractivity contribution in [1.29, 1.82) is 0 Å². The molecule has 0 aromatic heterocycles. The molecular weight excluding hydrogens is 360 g/mol. The van der Waals surface area contributed by atoms with Gasteiger partial charge in [-0.1, -0.05) is 64.4 Å². The van der Waals surface area contributed by atoms with Gasteiger partial charge in [0.2, 0.25) is 11.8 Å². The van der Waals surface area contributed by atoms with Gasteiger partial charge in [0, 0.05) is 18.7 Å². The van der Waals surface area contributed by atoms with Crippen molar-refractivity contribution in [3.63, 3.8) is 0 Å². The van der Waals surface area contributed by atoms with Crippen molar-refractivity contribution in [3.8, 4) is 0 Å². The number of carbonyl (C=O) groups is 2. The molecule has 1 aliphatic rings. The summed E-state index contributed by atoms with van der Waals surface area (Å²) in [5.74, 6) is 0.0962. The molecule has 1 aromatic rings. The summed E-state index contributed by atoms with van der Waals surface area (Å²) in [6, 6.07) is 5.73. The van der Waals surface area contributed by atoms with Crippen LogP contribution < -0.4 is 5.32 Å². The Hall–Kier alpha value is -1.84. The lowest BCUT2D eigenvalue weighted by Gasteiger charge is -2.24. The number of rotatable bonds is 12. The zero-order valence-corrected chi connectivity index (χ0v) is 18.8. The van der Waals surface area contributed by atoms with Gasteiger partial charge in [-0.15, -0.1) is 0 Å². The van der Waals surface area contributed by atoms with Crippen molar-refractivity contribution in [2.45, 2.75) is 104 Å². The Kier molecular flexibility index (Phi) is 10.2. The standard InChI is InChI=1S/C25H40N2O2/c1-4-5-6-7-8-9-10-11-12-15-24(28)27-16-13-14-23(27)25(29)26-22-18-20(2)17-21(3)19-22/h17-19,23H,4-16H2,1-3H3,(H,26,29)/t23-/m0/s1. The quantitative estimate of drug-likeness (QED) is 0.428. The summed E-state index contributed by atoms with van der Waals surface area (Å²) in [4.78, 5) is 27.3. The predicted molar refractivity (Wildman–Crippen MR) is 121 cm³/mol. The second kappa shape index (κ2) is 12.7. The van der Waals surface area contributed by atoms with Gasteiger partial charge in [-0.3, -0.25) is 9.59 Å². The summed E-state index contributed by atoms with van der Waals surface area (Å²) >= 11 is 0. The van der Waals surface area contributed by atoms with E-state index in [4.69, 9.17) is 0 Å². The number of likely N-dealkylation sites (tertiary alicyclic amines) is 1. The summed E-state index contributed by atoms with van der Waals surface area (Å²) in [6.07, 6.45) is 13.5. The number of hydrogen-bond donors (Lipinski definition) is 1. The monoisotopic (exact) mass is 400 g/mol. The zero-order chi connectivity index (χ0) is 21.1. The van der Waals surface area contributed by atoms with E-state index < -0.39 is 0 Å². The molecule has 4 nitrogen and oxygen atoms in total. The van der Waals surface area contributed by atoms with E-state index in [1.54, 1.807) is 0 Å². The van der Waals surface area contributed by atoms with Crippen LogP contribution >= 0.6 is 0 Å². The number of benzene rings is 1. The van der Waals surface area contributed by atoms with Crippen molar-refractivity contribution in [2.24, 2.45) is 0 Å². The number of aryl methyl sites for hydroxylation is 2. The molecule has 1 heterocycles. The molecule has 0 spiro atoms. The summed E-state index contributed by atoms with van der Waals surface area (Å²) in [6.45, 7) is 7.01. The third-order valence-corrected chi connectivity index (χ3v) is 5.86. The summed E-state index contributed by atoms with van der Waals surface area (Å²) in [7, 11) is 0. The maximum Gasteiger partial charge on any atom is 0.247 e. The normalized spacial score (nSPS) is 16.2. The molecule has 1 atom stereocenters. The Bertz CT molecular complexity index is 636. The van der Waals surface area contributed by atoms with E-state index in [2.05, 4.69) is 18.3 Å². The molecule has 162 valence electrons. The second-order valence-electron chi connectivity index (χ2n) is 8.69. The third-order valence-electron chi connectivity index (χ3n) is 5.86. The van der Waals surface area contributed by atoms with Gasteiger partial charge in [0.25, 0.3) is 0 Å². The van der Waals surface area contributed by atoms with Gasteiger partial charge >= 0.3 is 0 Å². The molecule has 2 rings (SSSR count). The van der Waals surface area contributed by atoms with Crippen LogP contribution in [0.2, 0.25) is 0 Å². The molecular formula is C25H40N2O2. The van der Waals surface area contributed by atoms with E-state index in [-0.39, 0.29) is 17.9 Å². The Morgan fingerprint density at radius 1 is 0.931 bits per heavy atom. The highest BCUT2D eigenvalue weighted by molar-refractivity contribution is 5.97. The minimum atomic E-state index is -0.318. The summed E-state index contributed by atoms with van der Waals surface area (Å²) < 4.78 is 0. The van der Waals surface area contributed by atoms with Gasteiger partial charge in [-0.25, -0.2) is 0 Å². The Morgan fingerprint density at radius 3 is 2.14 bits per heavy atom. The van der Waals surface area contributed by atoms with Gasteiger partial charge in [0.1, 0.15) is 6.04 Å². The molecule has 0 saturated carbocycles. The molecule has 0 bridgehead atoms. The average Bonchev–Trinajstić information content (AvgIpc) is 3.16. The third kappa shape index (κ3) is 8.20. The predicted octanol–water partition coefficient (Wildman–Crippen LogP) is 6.15. The van der Waals surface area contributed by atoms with Crippen molar-refractivity contribution in [2.75, 3.05) is 11.9 Å². The lowest BCUT2D eigenvalue weighted by molar-refractivity contribution is -0.136. The fourth-order valence-electron chi connectivity index (χ4n) is 4.34. The van der Waals surface area contributed by atoms with Crippen LogP contribution in [0.4, 0.5) is 5.69 Å². The van der Waals surface area contributed by atoms with Crippen molar-refractivity contribution in [3.05, 3.63) is 29.3 Å². The van der Waals surface area contributed by atoms with E-state index >= 15 is 0 Å². The fourth-order valence-corrected chi connectivity index (χ4v) is 4.34. The number of anilines is 1. The van der Waals surface area contributed by atoms with Crippen LogP contribution in [0.1, 0.15) is 95.1 Å². The van der Waals surface area contributed by atoms with Crippen LogP contribution in [0, 0.1) is 13.8 Å². The number of unbranched alkanes of at least 4 members (excludes halogenated alkanes) is 8. The van der Waals surface area contributed by atoms with Crippen LogP contribution in [0.25, 0.3) is 0 Å². The van der Waals surface area contributed by atoms with E-state index in [1.165, 1.54) is 44.9 Å². The molecule has 1 fully saturated rings. The van der Waals surface area contributed by atoms with Crippen molar-refractivity contribution < 1.29 is 9.59 Å². The number of nitrogens with one attached hydrogen (secondary N) is 1. The number of nitrogens with zero attached hydrogens (tertiary/aromatic N) is 1. The van der Waals surface area contributed by atoms with Gasteiger partial charge in [-0.2, -0.15) is 0 Å². The second-order valence-corrected chi connectivity index (χ2v) is 8.69. The maximum absolute atomic E-state index is 12.8. The number of carbonyl (C=O) groups excluding carboxylic acids is 2. The van der Waals surface area contributed by atoms with Crippen LogP contribution in [0.15, 0.2) is 18.2 Å². The summed E-state index contributed by atoms with van der Waals surface area (Å²) in [5, 5.41) is 3.02. The highest BCUT2D eigenvalue weighted by Crippen LogP contribution is 2.22. The Balaban J connectivity index is 1.70. The first kappa shape index (κ1) is 23.4. The molecule has 1 N–H and O–H groups in total. The molecule has 0 radical (unpaired) electrons. The van der Waals surface area contributed by atoms with Crippen LogP contribution in [-0.4, -0.2) is 29.3 Å². The van der Waals surface area contributed by atoms with Crippen LogP contribution in [0.5, 0.6) is 0 Å². The molecule has 4 heteroatoms. The Morgan fingerprint density at radius 2 is 1.52 bits per heavy atom. The van der Waals surface area contributed by atoms with E-state index in [0.717, 1.165) is 42.5 Å². The van der Waals surface area contributed by atoms with Gasteiger partial charge in [-0.05, 0) is 56.4 Å². The maximum atomic E-state index is 12.8. The van der Waals surface area contributed by atoms with Gasteiger partial charge < -0.3 is 10.2 Å². The molecule has 29 heavy (non-hydrogen) atoms. The van der Waals surface area contributed by atoms with Crippen LogP contribution in [0.3, 0.4) is 0 Å². The van der Waals surface area contributed by atoms with E-state index in [0.29, 0.717) is 13.0 Å². The van der Waals surface area contributed by atoms with Gasteiger partial charge in [0.15, 0.2) is 0 Å². The molecule has 1 saturated heterocycles. The zero-order valence-electron chi connectivity index (χ0n) is 18.8. The topological polar surface area (TPSA) is 49.4 Å².